The van der Waals surface area contributed by atoms with Gasteiger partial charge in [0.05, 0.1) is 25.2 Å². The summed E-state index contributed by atoms with van der Waals surface area (Å²) < 4.78 is 33.9. The van der Waals surface area contributed by atoms with E-state index < -0.39 is 15.9 Å². The van der Waals surface area contributed by atoms with Crippen molar-refractivity contribution in [1.29, 1.82) is 0 Å². The summed E-state index contributed by atoms with van der Waals surface area (Å²) in [5.41, 5.74) is 8.41. The number of carbonyl (C=O) groups excluding carboxylic acids is 1. The number of methoxy groups -OCH3 is 1. The summed E-state index contributed by atoms with van der Waals surface area (Å²) in [7, 11) is -1.51. The maximum absolute atomic E-state index is 13.1. The first-order valence-electron chi connectivity index (χ1n) is 9.69. The van der Waals surface area contributed by atoms with Crippen LogP contribution in [-0.2, 0) is 10.0 Å². The Bertz CT molecular complexity index is 1470. The van der Waals surface area contributed by atoms with Crippen molar-refractivity contribution in [1.82, 2.24) is 18.8 Å². The third-order valence-corrected chi connectivity index (χ3v) is 6.62. The zero-order valence-electron chi connectivity index (χ0n) is 17.8. The second kappa shape index (κ2) is 8.71. The smallest absolute Gasteiger partial charge is 0.282 e. The minimum absolute atomic E-state index is 0.0384. The maximum Gasteiger partial charge on any atom is 0.282 e. The summed E-state index contributed by atoms with van der Waals surface area (Å²) in [4.78, 5) is 19.8. The minimum Gasteiger partial charge on any atom is -0.495 e. The van der Waals surface area contributed by atoms with E-state index in [0.717, 1.165) is 21.6 Å². The molecular weight excluding hydrogens is 444 g/mol. The van der Waals surface area contributed by atoms with Crippen LogP contribution in [-0.4, -0.2) is 53.5 Å². The molecule has 0 radical (unpaired) electrons. The van der Waals surface area contributed by atoms with Crippen LogP contribution in [0.3, 0.4) is 0 Å². The lowest BCUT2D eigenvalue weighted by Gasteiger charge is -2.16. The average Bonchev–Trinajstić information content (AvgIpc) is 3.24. The predicted molar refractivity (Wildman–Crippen MR) is 122 cm³/mol. The third-order valence-electron chi connectivity index (χ3n) is 4.96. The molecule has 168 valence electrons. The van der Waals surface area contributed by atoms with E-state index in [0.29, 0.717) is 11.3 Å². The second-order valence-corrected chi connectivity index (χ2v) is 8.90. The Morgan fingerprint density at radius 2 is 2.00 bits per heavy atom. The molecule has 0 atom stereocenters. The van der Waals surface area contributed by atoms with Crippen LogP contribution < -0.4 is 10.5 Å². The van der Waals surface area contributed by atoms with Crippen molar-refractivity contribution in [2.24, 2.45) is 10.8 Å². The highest BCUT2D eigenvalue weighted by Crippen LogP contribution is 2.27. The van der Waals surface area contributed by atoms with Crippen LogP contribution in [0.15, 0.2) is 77.2 Å². The molecule has 0 saturated heterocycles. The molecule has 0 bridgehead atoms. The first kappa shape index (κ1) is 22.0. The Balaban J connectivity index is 1.68. The molecule has 4 aromatic rings. The number of hydrogen-bond acceptors (Lipinski definition) is 7. The molecule has 0 aliphatic carbocycles. The second-order valence-electron chi connectivity index (χ2n) is 6.98. The molecule has 1 amide bonds. The number of rotatable bonds is 7. The number of hydrogen-bond donors (Lipinski definition) is 1. The van der Waals surface area contributed by atoms with Gasteiger partial charge in [0.2, 0.25) is 5.91 Å². The Morgan fingerprint density at radius 3 is 2.70 bits per heavy atom. The molecule has 33 heavy (non-hydrogen) atoms. The standard InChI is InChI=1S/C22H20N6O4S/c1-27(33(30,31)20-10-15(22(23)29)5-7-19(20)32-2)26-13-18-12-25-21-8-6-17(14-28(18)21)16-4-3-9-24-11-16/h3-14H,1-2H3,(H2,23,29)/b26-13-. The van der Waals surface area contributed by atoms with Gasteiger partial charge in [-0.05, 0) is 36.4 Å². The van der Waals surface area contributed by atoms with Crippen LogP contribution >= 0.6 is 0 Å². The molecule has 0 saturated carbocycles. The van der Waals surface area contributed by atoms with Crippen molar-refractivity contribution in [3.05, 3.63) is 78.5 Å². The lowest BCUT2D eigenvalue weighted by atomic mass is 10.1. The highest BCUT2D eigenvalue weighted by Gasteiger charge is 2.25. The molecular formula is C22H20N6O4S. The number of aromatic nitrogens is 3. The van der Waals surface area contributed by atoms with Crippen molar-refractivity contribution in [2.45, 2.75) is 4.90 Å². The molecule has 11 heteroatoms. The minimum atomic E-state index is -4.13. The van der Waals surface area contributed by atoms with E-state index in [1.807, 2.05) is 30.5 Å². The molecule has 0 spiro atoms. The van der Waals surface area contributed by atoms with Gasteiger partial charge in [-0.15, -0.1) is 0 Å². The molecule has 4 rings (SSSR count). The van der Waals surface area contributed by atoms with Gasteiger partial charge in [-0.2, -0.15) is 17.9 Å². The van der Waals surface area contributed by atoms with Crippen molar-refractivity contribution in [3.63, 3.8) is 0 Å². The molecule has 10 nitrogen and oxygen atoms in total. The van der Waals surface area contributed by atoms with Gasteiger partial charge in [0.25, 0.3) is 10.0 Å². The van der Waals surface area contributed by atoms with Gasteiger partial charge in [-0.3, -0.25) is 14.2 Å². The number of imidazole rings is 1. The number of benzene rings is 1. The molecule has 1 aromatic carbocycles. The van der Waals surface area contributed by atoms with Crippen molar-refractivity contribution in [3.8, 4) is 16.9 Å². The number of sulfonamides is 1. The molecule has 3 aromatic heterocycles. The number of nitrogens with two attached hydrogens (primary N) is 1. The Kier molecular flexibility index (Phi) is 5.80. The van der Waals surface area contributed by atoms with Crippen LogP contribution in [0, 0.1) is 0 Å². The van der Waals surface area contributed by atoms with E-state index in [2.05, 4.69) is 15.1 Å². The highest BCUT2D eigenvalue weighted by atomic mass is 32.2. The topological polar surface area (TPSA) is 132 Å². The fourth-order valence-electron chi connectivity index (χ4n) is 3.18. The van der Waals surface area contributed by atoms with Crippen LogP contribution in [0.25, 0.3) is 16.8 Å². The van der Waals surface area contributed by atoms with E-state index >= 15 is 0 Å². The Hall–Kier alpha value is -4.25. The molecule has 3 heterocycles. The SMILES string of the molecule is COc1ccc(C(N)=O)cc1S(=O)(=O)N(C)/N=C\c1cnc2ccc(-c3cccnc3)cn12. The van der Waals surface area contributed by atoms with Gasteiger partial charge in [0.1, 0.15) is 16.3 Å². The van der Waals surface area contributed by atoms with Crippen LogP contribution in [0.1, 0.15) is 16.1 Å². The van der Waals surface area contributed by atoms with Crippen LogP contribution in [0.4, 0.5) is 0 Å². The quantitative estimate of drug-likeness (QED) is 0.329. The van der Waals surface area contributed by atoms with Gasteiger partial charge < -0.3 is 10.5 Å². The summed E-state index contributed by atoms with van der Waals surface area (Å²) in [5.74, 6) is -0.687. The van der Waals surface area contributed by atoms with E-state index in [9.17, 15) is 13.2 Å². The number of amides is 1. The molecule has 0 unspecified atom stereocenters. The fourth-order valence-corrected chi connectivity index (χ4v) is 4.31. The van der Waals surface area contributed by atoms with E-state index in [4.69, 9.17) is 10.5 Å². The summed E-state index contributed by atoms with van der Waals surface area (Å²) in [6, 6.07) is 11.5. The molecule has 0 fully saturated rings. The summed E-state index contributed by atoms with van der Waals surface area (Å²) in [6.07, 6.45) is 8.28. The average molecular weight is 465 g/mol. The van der Waals surface area contributed by atoms with Crippen LogP contribution in [0.5, 0.6) is 5.75 Å². The summed E-state index contributed by atoms with van der Waals surface area (Å²) in [5, 5.41) is 4.09. The van der Waals surface area contributed by atoms with Crippen LogP contribution in [0.2, 0.25) is 0 Å². The first-order valence-corrected chi connectivity index (χ1v) is 11.1. The number of fused-ring (bicyclic) bond motifs is 1. The monoisotopic (exact) mass is 464 g/mol. The number of hydrazone groups is 1. The molecule has 2 N–H and O–H groups in total. The first-order chi connectivity index (χ1) is 15.8. The largest absolute Gasteiger partial charge is 0.495 e. The van der Waals surface area contributed by atoms with Crippen molar-refractivity contribution < 1.29 is 17.9 Å². The number of nitrogens with zero attached hydrogens (tertiary/aromatic N) is 5. The lowest BCUT2D eigenvalue weighted by molar-refractivity contribution is 0.1000. The fraction of sp³-hybridized carbons (Fsp3) is 0.0909. The zero-order chi connectivity index (χ0) is 23.6. The number of carbonyl (C=O) groups is 1. The van der Waals surface area contributed by atoms with Crippen molar-refractivity contribution in [2.75, 3.05) is 14.2 Å². The molecule has 0 aliphatic heterocycles. The summed E-state index contributed by atoms with van der Waals surface area (Å²) >= 11 is 0. The number of ether oxygens (including phenoxy) is 1. The van der Waals surface area contributed by atoms with Gasteiger partial charge in [0, 0.05) is 42.3 Å². The van der Waals surface area contributed by atoms with E-state index in [-0.39, 0.29) is 16.2 Å². The normalized spacial score (nSPS) is 11.7. The Morgan fingerprint density at radius 1 is 1.18 bits per heavy atom. The number of pyridine rings is 2. The summed E-state index contributed by atoms with van der Waals surface area (Å²) in [6.45, 7) is 0. The van der Waals surface area contributed by atoms with Gasteiger partial charge >= 0.3 is 0 Å². The Labute approximate surface area is 190 Å². The number of primary amides is 1. The zero-order valence-corrected chi connectivity index (χ0v) is 18.6. The highest BCUT2D eigenvalue weighted by molar-refractivity contribution is 7.89. The van der Waals surface area contributed by atoms with Gasteiger partial charge in [-0.1, -0.05) is 6.07 Å². The predicted octanol–water partition coefficient (Wildman–Crippen LogP) is 2.16. The van der Waals surface area contributed by atoms with E-state index in [1.165, 1.54) is 32.5 Å². The van der Waals surface area contributed by atoms with Crippen molar-refractivity contribution >= 4 is 27.8 Å². The third kappa shape index (κ3) is 4.26. The van der Waals surface area contributed by atoms with E-state index in [1.54, 1.807) is 23.0 Å². The molecule has 0 aliphatic rings. The lowest BCUT2D eigenvalue weighted by Crippen LogP contribution is -2.23. The maximum atomic E-state index is 13.1. The van der Waals surface area contributed by atoms with Gasteiger partial charge in [-0.25, -0.2) is 4.98 Å². The van der Waals surface area contributed by atoms with Gasteiger partial charge in [0.15, 0.2) is 0 Å².